The Labute approximate surface area is 116 Å². The van der Waals surface area contributed by atoms with Crippen LogP contribution in [-0.4, -0.2) is 54.7 Å². The van der Waals surface area contributed by atoms with Crippen LogP contribution in [0.5, 0.6) is 0 Å². The molecule has 7 heteroatoms. The summed E-state index contributed by atoms with van der Waals surface area (Å²) in [5.41, 5.74) is 6.38. The number of aromatic nitrogens is 1. The first-order valence-corrected chi connectivity index (χ1v) is 6.29. The molecule has 20 heavy (non-hydrogen) atoms. The van der Waals surface area contributed by atoms with Crippen molar-refractivity contribution in [3.8, 4) is 0 Å². The minimum absolute atomic E-state index is 0.134. The third-order valence-corrected chi connectivity index (χ3v) is 3.05. The number of amides is 1. The second kappa shape index (κ2) is 6.33. The minimum Gasteiger partial charge on any atom is -0.469 e. The number of methoxy groups -OCH3 is 1. The van der Waals surface area contributed by atoms with Gasteiger partial charge in [-0.15, -0.1) is 0 Å². The number of nitrogens with zero attached hydrogens (tertiary/aromatic N) is 2. The molecule has 0 aliphatic carbocycles. The number of hydrogen-bond donors (Lipinski definition) is 1. The van der Waals surface area contributed by atoms with E-state index in [4.69, 9.17) is 10.5 Å². The number of nitrogen functional groups attached to an aromatic ring is 1. The largest absolute Gasteiger partial charge is 0.469 e. The fourth-order valence-electron chi connectivity index (χ4n) is 1.99. The molecule has 0 radical (unpaired) electrons. The maximum atomic E-state index is 12.3. The number of carbonyl (C=O) groups is 2. The fourth-order valence-corrected chi connectivity index (χ4v) is 1.99. The van der Waals surface area contributed by atoms with Gasteiger partial charge in [-0.05, 0) is 12.1 Å². The van der Waals surface area contributed by atoms with Gasteiger partial charge in [-0.2, -0.15) is 0 Å². The third-order valence-electron chi connectivity index (χ3n) is 3.05. The summed E-state index contributed by atoms with van der Waals surface area (Å²) in [4.78, 5) is 29.1. The molecule has 7 nitrogen and oxygen atoms in total. The van der Waals surface area contributed by atoms with Gasteiger partial charge in [-0.25, -0.2) is 4.98 Å². The normalized spacial score (nSPS) is 18.6. The van der Waals surface area contributed by atoms with E-state index >= 15 is 0 Å². The Balaban J connectivity index is 1.99. The van der Waals surface area contributed by atoms with E-state index in [1.54, 1.807) is 17.0 Å². The van der Waals surface area contributed by atoms with Crippen LogP contribution >= 0.6 is 0 Å². The molecule has 1 aliphatic rings. The molecule has 1 fully saturated rings. The van der Waals surface area contributed by atoms with Gasteiger partial charge in [0.1, 0.15) is 5.69 Å². The monoisotopic (exact) mass is 279 g/mol. The summed E-state index contributed by atoms with van der Waals surface area (Å²) in [6.07, 6.45) is 1.24. The lowest BCUT2D eigenvalue weighted by molar-refractivity contribution is -0.145. The van der Waals surface area contributed by atoms with E-state index in [0.717, 1.165) is 0 Å². The summed E-state index contributed by atoms with van der Waals surface area (Å²) in [6.45, 7) is 1.21. The SMILES string of the molecule is COC(=O)CC1CN(C(=O)c2ccc(N)cn2)CCO1. The number of anilines is 1. The number of ether oxygens (including phenoxy) is 2. The maximum Gasteiger partial charge on any atom is 0.308 e. The smallest absolute Gasteiger partial charge is 0.308 e. The first-order valence-electron chi connectivity index (χ1n) is 6.29. The molecular formula is C13H17N3O4. The van der Waals surface area contributed by atoms with Crippen molar-refractivity contribution < 1.29 is 19.1 Å². The maximum absolute atomic E-state index is 12.3. The number of esters is 1. The molecule has 0 aromatic carbocycles. The zero-order valence-electron chi connectivity index (χ0n) is 11.2. The molecule has 2 N–H and O–H groups in total. The van der Waals surface area contributed by atoms with Gasteiger partial charge < -0.3 is 20.1 Å². The first-order chi connectivity index (χ1) is 9.60. The van der Waals surface area contributed by atoms with Crippen LogP contribution in [0.4, 0.5) is 5.69 Å². The van der Waals surface area contributed by atoms with Gasteiger partial charge in [0, 0.05) is 13.1 Å². The summed E-state index contributed by atoms with van der Waals surface area (Å²) >= 11 is 0. The first kappa shape index (κ1) is 14.3. The van der Waals surface area contributed by atoms with Crippen molar-refractivity contribution in [1.29, 1.82) is 0 Å². The highest BCUT2D eigenvalue weighted by Crippen LogP contribution is 2.13. The zero-order valence-corrected chi connectivity index (χ0v) is 11.2. The molecule has 1 aliphatic heterocycles. The Morgan fingerprint density at radius 1 is 1.55 bits per heavy atom. The van der Waals surface area contributed by atoms with Crippen LogP contribution in [0.3, 0.4) is 0 Å². The van der Waals surface area contributed by atoms with E-state index in [2.05, 4.69) is 9.72 Å². The lowest BCUT2D eigenvalue weighted by Crippen LogP contribution is -2.46. The van der Waals surface area contributed by atoms with Crippen molar-refractivity contribution in [2.45, 2.75) is 12.5 Å². The summed E-state index contributed by atoms with van der Waals surface area (Å²) in [5.74, 6) is -0.543. The van der Waals surface area contributed by atoms with Crippen molar-refractivity contribution in [2.24, 2.45) is 0 Å². The van der Waals surface area contributed by atoms with Gasteiger partial charge >= 0.3 is 5.97 Å². The number of nitrogens with two attached hydrogens (primary N) is 1. The molecular weight excluding hydrogens is 262 g/mol. The van der Waals surface area contributed by atoms with Crippen LogP contribution in [0.15, 0.2) is 18.3 Å². The van der Waals surface area contributed by atoms with Crippen molar-refractivity contribution in [3.63, 3.8) is 0 Å². The van der Waals surface area contributed by atoms with Crippen LogP contribution in [-0.2, 0) is 14.3 Å². The van der Waals surface area contributed by atoms with Gasteiger partial charge in [0.05, 0.1) is 38.1 Å². The number of hydrogen-bond acceptors (Lipinski definition) is 6. The van der Waals surface area contributed by atoms with Crippen LogP contribution in [0.1, 0.15) is 16.9 Å². The average Bonchev–Trinajstić information content (AvgIpc) is 2.47. The average molecular weight is 279 g/mol. The van der Waals surface area contributed by atoms with Crippen LogP contribution < -0.4 is 5.73 Å². The highest BCUT2D eigenvalue weighted by atomic mass is 16.5. The number of morpholine rings is 1. The van der Waals surface area contributed by atoms with Crippen molar-refractivity contribution in [2.75, 3.05) is 32.5 Å². The molecule has 0 saturated carbocycles. The molecule has 1 amide bonds. The number of pyridine rings is 1. The predicted octanol–water partition coefficient (Wildman–Crippen LogP) is 0.0679. The molecule has 1 unspecified atom stereocenters. The summed E-state index contributed by atoms with van der Waals surface area (Å²) in [7, 11) is 1.33. The van der Waals surface area contributed by atoms with E-state index in [9.17, 15) is 9.59 Å². The number of carbonyl (C=O) groups excluding carboxylic acids is 2. The molecule has 108 valence electrons. The zero-order chi connectivity index (χ0) is 14.5. The van der Waals surface area contributed by atoms with Crippen molar-refractivity contribution in [3.05, 3.63) is 24.0 Å². The standard InChI is InChI=1S/C13H17N3O4/c1-19-12(17)6-10-8-16(4-5-20-10)13(18)11-3-2-9(14)7-15-11/h2-3,7,10H,4-6,8,14H2,1H3. The second-order valence-corrected chi connectivity index (χ2v) is 4.50. The van der Waals surface area contributed by atoms with E-state index < -0.39 is 0 Å². The Morgan fingerprint density at radius 2 is 2.35 bits per heavy atom. The predicted molar refractivity (Wildman–Crippen MR) is 70.9 cm³/mol. The van der Waals surface area contributed by atoms with Crippen LogP contribution in [0.25, 0.3) is 0 Å². The molecule has 0 bridgehead atoms. The Morgan fingerprint density at radius 3 is 3.00 bits per heavy atom. The fraction of sp³-hybridized carbons (Fsp3) is 0.462. The lowest BCUT2D eigenvalue weighted by Gasteiger charge is -2.32. The molecule has 2 heterocycles. The Bertz CT molecular complexity index is 489. The summed E-state index contributed by atoms with van der Waals surface area (Å²) in [5, 5.41) is 0. The van der Waals surface area contributed by atoms with E-state index in [1.807, 2.05) is 0 Å². The highest BCUT2D eigenvalue weighted by molar-refractivity contribution is 5.92. The summed E-state index contributed by atoms with van der Waals surface area (Å²) in [6, 6.07) is 3.22. The van der Waals surface area contributed by atoms with Crippen molar-refractivity contribution in [1.82, 2.24) is 9.88 Å². The second-order valence-electron chi connectivity index (χ2n) is 4.50. The minimum atomic E-state index is -0.352. The van der Waals surface area contributed by atoms with Gasteiger partial charge in [0.2, 0.25) is 0 Å². The Hall–Kier alpha value is -2.15. The summed E-state index contributed by atoms with van der Waals surface area (Å²) < 4.78 is 10.0. The topological polar surface area (TPSA) is 94.8 Å². The number of rotatable bonds is 3. The third kappa shape index (κ3) is 3.45. The van der Waals surface area contributed by atoms with Crippen molar-refractivity contribution >= 4 is 17.6 Å². The van der Waals surface area contributed by atoms with E-state index in [1.165, 1.54) is 13.3 Å². The van der Waals surface area contributed by atoms with Crippen LogP contribution in [0.2, 0.25) is 0 Å². The van der Waals surface area contributed by atoms with E-state index in [0.29, 0.717) is 31.1 Å². The Kier molecular flexibility index (Phi) is 4.52. The lowest BCUT2D eigenvalue weighted by atomic mass is 10.2. The molecule has 1 saturated heterocycles. The molecule has 0 spiro atoms. The van der Waals surface area contributed by atoms with E-state index in [-0.39, 0.29) is 24.4 Å². The molecule has 1 aromatic heterocycles. The molecule has 2 rings (SSSR count). The molecule has 1 aromatic rings. The quantitative estimate of drug-likeness (QED) is 0.787. The van der Waals surface area contributed by atoms with Gasteiger partial charge in [0.25, 0.3) is 5.91 Å². The van der Waals surface area contributed by atoms with Gasteiger partial charge in [0.15, 0.2) is 0 Å². The van der Waals surface area contributed by atoms with Gasteiger partial charge in [-0.3, -0.25) is 9.59 Å². The van der Waals surface area contributed by atoms with Crippen LogP contribution in [0, 0.1) is 0 Å². The molecule has 1 atom stereocenters. The van der Waals surface area contributed by atoms with Gasteiger partial charge in [-0.1, -0.05) is 0 Å². The highest BCUT2D eigenvalue weighted by Gasteiger charge is 2.27.